The Kier molecular flexibility index (Phi) is 7.45. The molecule has 2 N–H and O–H groups in total. The second-order valence-electron chi connectivity index (χ2n) is 4.61. The Morgan fingerprint density at radius 2 is 2.11 bits per heavy atom. The third kappa shape index (κ3) is 7.13. The number of hydrogen-bond acceptors (Lipinski definition) is 2. The minimum atomic E-state index is -0.0837. The second kappa shape index (κ2) is 8.88. The normalized spacial score (nSPS) is 12.6. The summed E-state index contributed by atoms with van der Waals surface area (Å²) in [4.78, 5) is 11.5. The van der Waals surface area contributed by atoms with Crippen molar-refractivity contribution in [1.82, 2.24) is 5.32 Å². The van der Waals surface area contributed by atoms with Gasteiger partial charge in [0.15, 0.2) is 0 Å². The number of aliphatic hydroxyl groups excluding tert-OH is 1. The van der Waals surface area contributed by atoms with Crippen molar-refractivity contribution in [2.24, 2.45) is 5.92 Å². The van der Waals surface area contributed by atoms with E-state index in [1.807, 2.05) is 31.2 Å². The number of carbonyl (C=O) groups excluding carboxylic acids is 1. The van der Waals surface area contributed by atoms with Crippen molar-refractivity contribution >= 4 is 27.9 Å². The number of amides is 1. The maximum Gasteiger partial charge on any atom is 0.243 e. The number of halogens is 1. The van der Waals surface area contributed by atoms with Gasteiger partial charge in [-0.3, -0.25) is 4.79 Å². The van der Waals surface area contributed by atoms with Gasteiger partial charge in [-0.25, -0.2) is 0 Å². The number of benzene rings is 1. The Morgan fingerprint density at radius 1 is 1.42 bits per heavy atom. The molecule has 1 rings (SSSR count). The summed E-state index contributed by atoms with van der Waals surface area (Å²) in [7, 11) is 0. The molecular weight excluding hydrogens is 306 g/mol. The topological polar surface area (TPSA) is 49.3 Å². The maximum atomic E-state index is 11.5. The molecule has 4 heteroatoms. The van der Waals surface area contributed by atoms with Crippen LogP contribution in [0, 0.1) is 5.92 Å². The van der Waals surface area contributed by atoms with Crippen LogP contribution in [0.1, 0.15) is 25.3 Å². The molecule has 0 saturated carbocycles. The fourth-order valence-electron chi connectivity index (χ4n) is 1.56. The van der Waals surface area contributed by atoms with Gasteiger partial charge in [0.25, 0.3) is 0 Å². The largest absolute Gasteiger partial charge is 0.396 e. The lowest BCUT2D eigenvalue weighted by Crippen LogP contribution is -2.22. The van der Waals surface area contributed by atoms with Crippen molar-refractivity contribution in [3.63, 3.8) is 0 Å². The monoisotopic (exact) mass is 325 g/mol. The Morgan fingerprint density at radius 3 is 2.74 bits per heavy atom. The lowest BCUT2D eigenvalue weighted by Gasteiger charge is -2.07. The van der Waals surface area contributed by atoms with E-state index in [0.717, 1.165) is 22.9 Å². The van der Waals surface area contributed by atoms with Crippen LogP contribution in [0.4, 0.5) is 0 Å². The van der Waals surface area contributed by atoms with E-state index in [2.05, 4.69) is 21.2 Å². The smallest absolute Gasteiger partial charge is 0.243 e. The van der Waals surface area contributed by atoms with Crippen LogP contribution in [-0.4, -0.2) is 24.2 Å². The first-order valence-electron chi connectivity index (χ1n) is 6.44. The zero-order valence-corrected chi connectivity index (χ0v) is 12.7. The van der Waals surface area contributed by atoms with Crippen LogP contribution < -0.4 is 5.32 Å². The predicted molar refractivity (Wildman–Crippen MR) is 81.7 cm³/mol. The molecule has 0 radical (unpaired) electrons. The molecule has 0 spiro atoms. The van der Waals surface area contributed by atoms with E-state index in [0.29, 0.717) is 12.5 Å². The van der Waals surface area contributed by atoms with Crippen LogP contribution >= 0.6 is 15.9 Å². The van der Waals surface area contributed by atoms with Gasteiger partial charge in [0, 0.05) is 23.7 Å². The molecule has 1 aromatic carbocycles. The molecule has 0 aromatic heterocycles. The number of carbonyl (C=O) groups is 1. The predicted octanol–water partition coefficient (Wildman–Crippen LogP) is 2.99. The van der Waals surface area contributed by atoms with E-state index in [1.54, 1.807) is 12.2 Å². The van der Waals surface area contributed by atoms with E-state index in [9.17, 15) is 4.79 Å². The first kappa shape index (κ1) is 15.9. The van der Waals surface area contributed by atoms with Crippen molar-refractivity contribution < 1.29 is 9.90 Å². The van der Waals surface area contributed by atoms with Gasteiger partial charge in [0.1, 0.15) is 0 Å². The average molecular weight is 326 g/mol. The number of aliphatic hydroxyl groups is 1. The van der Waals surface area contributed by atoms with Crippen LogP contribution in [0.15, 0.2) is 34.8 Å². The van der Waals surface area contributed by atoms with Crippen LogP contribution in [0.2, 0.25) is 0 Å². The molecule has 0 heterocycles. The zero-order valence-electron chi connectivity index (χ0n) is 11.1. The molecule has 1 aromatic rings. The van der Waals surface area contributed by atoms with Crippen LogP contribution in [0.3, 0.4) is 0 Å². The molecule has 0 aliphatic heterocycles. The Labute approximate surface area is 122 Å². The van der Waals surface area contributed by atoms with Gasteiger partial charge >= 0.3 is 0 Å². The standard InChI is InChI=1S/C15H20BrNO2/c1-12(11-18)3-2-10-17-15(19)9-6-13-4-7-14(16)8-5-13/h4-9,12,18H,2-3,10-11H2,1H3,(H,17,19)/b9-6+. The van der Waals surface area contributed by atoms with Gasteiger partial charge in [0.2, 0.25) is 5.91 Å². The van der Waals surface area contributed by atoms with Gasteiger partial charge in [-0.05, 0) is 42.5 Å². The van der Waals surface area contributed by atoms with Crippen LogP contribution in [0.25, 0.3) is 6.08 Å². The molecule has 1 amide bonds. The highest BCUT2D eigenvalue weighted by Gasteiger charge is 2.00. The third-order valence-corrected chi connectivity index (χ3v) is 3.31. The van der Waals surface area contributed by atoms with Crippen LogP contribution in [0.5, 0.6) is 0 Å². The number of rotatable bonds is 7. The number of nitrogens with one attached hydrogen (secondary N) is 1. The molecule has 0 saturated heterocycles. The maximum absolute atomic E-state index is 11.5. The molecule has 0 aliphatic rings. The molecule has 1 atom stereocenters. The average Bonchev–Trinajstić information content (AvgIpc) is 2.42. The summed E-state index contributed by atoms with van der Waals surface area (Å²) < 4.78 is 1.02. The minimum absolute atomic E-state index is 0.0837. The molecule has 1 unspecified atom stereocenters. The Hall–Kier alpha value is -1.13. The summed E-state index contributed by atoms with van der Waals surface area (Å²) in [6.45, 7) is 2.85. The summed E-state index contributed by atoms with van der Waals surface area (Å²) >= 11 is 3.36. The summed E-state index contributed by atoms with van der Waals surface area (Å²) in [5.41, 5.74) is 0.993. The lowest BCUT2D eigenvalue weighted by atomic mass is 10.1. The van der Waals surface area contributed by atoms with Gasteiger partial charge in [-0.15, -0.1) is 0 Å². The Balaban J connectivity index is 2.25. The molecule has 0 fully saturated rings. The van der Waals surface area contributed by atoms with Crippen molar-refractivity contribution in [3.8, 4) is 0 Å². The molecule has 0 bridgehead atoms. The van der Waals surface area contributed by atoms with Gasteiger partial charge in [-0.2, -0.15) is 0 Å². The highest BCUT2D eigenvalue weighted by molar-refractivity contribution is 9.10. The quantitative estimate of drug-likeness (QED) is 0.598. The Bertz CT molecular complexity index is 415. The van der Waals surface area contributed by atoms with Crippen molar-refractivity contribution in [1.29, 1.82) is 0 Å². The SMILES string of the molecule is CC(CO)CCCNC(=O)/C=C/c1ccc(Br)cc1. The van der Waals surface area contributed by atoms with E-state index in [4.69, 9.17) is 5.11 Å². The molecule has 19 heavy (non-hydrogen) atoms. The summed E-state index contributed by atoms with van der Waals surface area (Å²) in [5.74, 6) is 0.217. The number of hydrogen-bond donors (Lipinski definition) is 2. The van der Waals surface area contributed by atoms with Gasteiger partial charge in [0.05, 0.1) is 0 Å². The zero-order chi connectivity index (χ0) is 14.1. The molecule has 0 aliphatic carbocycles. The van der Waals surface area contributed by atoms with Crippen molar-refractivity contribution in [2.45, 2.75) is 19.8 Å². The third-order valence-electron chi connectivity index (χ3n) is 2.78. The van der Waals surface area contributed by atoms with Crippen molar-refractivity contribution in [2.75, 3.05) is 13.2 Å². The summed E-state index contributed by atoms with van der Waals surface area (Å²) in [6.07, 6.45) is 5.14. The van der Waals surface area contributed by atoms with Gasteiger partial charge in [-0.1, -0.05) is 35.0 Å². The first-order valence-corrected chi connectivity index (χ1v) is 7.23. The second-order valence-corrected chi connectivity index (χ2v) is 5.52. The van der Waals surface area contributed by atoms with Crippen LogP contribution in [-0.2, 0) is 4.79 Å². The van der Waals surface area contributed by atoms with Crippen molar-refractivity contribution in [3.05, 3.63) is 40.4 Å². The van der Waals surface area contributed by atoms with E-state index < -0.39 is 0 Å². The summed E-state index contributed by atoms with van der Waals surface area (Å²) in [6, 6.07) is 7.76. The highest BCUT2D eigenvalue weighted by atomic mass is 79.9. The van der Waals surface area contributed by atoms with E-state index >= 15 is 0 Å². The summed E-state index contributed by atoms with van der Waals surface area (Å²) in [5, 5.41) is 11.7. The fourth-order valence-corrected chi connectivity index (χ4v) is 1.82. The van der Waals surface area contributed by atoms with E-state index in [1.165, 1.54) is 0 Å². The molecule has 104 valence electrons. The molecular formula is C15H20BrNO2. The molecule has 3 nitrogen and oxygen atoms in total. The minimum Gasteiger partial charge on any atom is -0.396 e. The lowest BCUT2D eigenvalue weighted by molar-refractivity contribution is -0.116. The van der Waals surface area contributed by atoms with E-state index in [-0.39, 0.29) is 12.5 Å². The van der Waals surface area contributed by atoms with Gasteiger partial charge < -0.3 is 10.4 Å². The highest BCUT2D eigenvalue weighted by Crippen LogP contribution is 2.11. The first-order chi connectivity index (χ1) is 9.11. The fraction of sp³-hybridized carbons (Fsp3) is 0.400.